The largest absolute Gasteiger partial charge is 0.401 e. The third-order valence-corrected chi connectivity index (χ3v) is 21.0. The number of halogens is 9. The van der Waals surface area contributed by atoms with Crippen molar-refractivity contribution in [3.8, 4) is 0 Å². The molecule has 0 heterocycles. The van der Waals surface area contributed by atoms with E-state index >= 15 is 4.79 Å². The molecule has 0 amide bonds. The van der Waals surface area contributed by atoms with E-state index in [1.165, 1.54) is 30.0 Å². The zero-order valence-electron chi connectivity index (χ0n) is 21.1. The zero-order valence-corrected chi connectivity index (χ0v) is 41.3. The van der Waals surface area contributed by atoms with Crippen molar-refractivity contribution < 1.29 is 8.98 Å². The van der Waals surface area contributed by atoms with E-state index in [0.717, 1.165) is 55.4 Å². The maximum Gasteiger partial charge on any atom is 0.323 e. The summed E-state index contributed by atoms with van der Waals surface area (Å²) in [6.45, 7) is 0. The Hall–Kier alpha value is 4.05. The van der Waals surface area contributed by atoms with Gasteiger partial charge in [-0.2, -0.15) is 0 Å². The average Bonchev–Trinajstić information content (AvgIpc) is 2.81. The predicted octanol–water partition coefficient (Wildman–Crippen LogP) is 13.1. The van der Waals surface area contributed by atoms with Crippen LogP contribution in [0.1, 0.15) is 38.5 Å². The minimum Gasteiger partial charge on any atom is -0.401 e. The van der Waals surface area contributed by atoms with Crippen molar-refractivity contribution in [1.29, 1.82) is 0 Å². The van der Waals surface area contributed by atoms with Gasteiger partial charge in [0.1, 0.15) is 0 Å². The highest BCUT2D eigenvalue weighted by atomic mass is 127. The van der Waals surface area contributed by atoms with Crippen LogP contribution in [0.2, 0.25) is 0 Å². The standard InChI is InChI=1S/C29H21I9O2S/c30-16-4-19(33)25(20(34)5-16)41(26-21(35)6-17(31)7-22(26)36,27-23(37)8-18(32)9-24(27)38)40-28(39)29-10-13-1-14(11-29)3-15(2-13)12-29/h4-9,13-15H,1-3,10-12H2. The van der Waals surface area contributed by atoms with Crippen molar-refractivity contribution in [2.45, 2.75) is 53.2 Å². The lowest BCUT2D eigenvalue weighted by Crippen LogP contribution is -2.50. The molecule has 0 saturated heterocycles. The van der Waals surface area contributed by atoms with Gasteiger partial charge in [0.2, 0.25) is 0 Å². The first-order chi connectivity index (χ1) is 19.3. The van der Waals surface area contributed by atoms with Gasteiger partial charge in [0, 0.05) is 32.1 Å². The van der Waals surface area contributed by atoms with Gasteiger partial charge in [-0.1, -0.05) is 0 Å². The molecule has 3 aromatic carbocycles. The molecular formula is C29H21I9O2S. The van der Waals surface area contributed by atoms with E-state index in [1.54, 1.807) is 0 Å². The van der Waals surface area contributed by atoms with Crippen LogP contribution in [0, 0.1) is 55.3 Å². The maximum atomic E-state index is 15.1. The second-order valence-corrected chi connectivity index (χ2v) is 24.4. The number of hydrogen-bond acceptors (Lipinski definition) is 2. The molecule has 0 N–H and O–H groups in total. The molecule has 7 rings (SSSR count). The maximum absolute atomic E-state index is 15.1. The highest BCUT2D eigenvalue weighted by molar-refractivity contribution is 14.1. The Morgan fingerprint density at radius 3 is 1.10 bits per heavy atom. The monoisotopic (exact) mass is 1580 g/mol. The van der Waals surface area contributed by atoms with E-state index < -0.39 is 10.3 Å². The number of hydrogen-bond donors (Lipinski definition) is 0. The van der Waals surface area contributed by atoms with Gasteiger partial charge < -0.3 is 4.18 Å². The number of carbonyl (C=O) groups excluding carboxylic acids is 1. The molecule has 4 fully saturated rings. The topological polar surface area (TPSA) is 26.3 Å². The smallest absolute Gasteiger partial charge is 0.323 e. The highest BCUT2D eigenvalue weighted by Gasteiger charge is 2.57. The van der Waals surface area contributed by atoms with Gasteiger partial charge in [-0.15, -0.1) is 0 Å². The summed E-state index contributed by atoms with van der Waals surface area (Å²) in [7, 11) is -2.46. The molecule has 0 aliphatic heterocycles. The first kappa shape index (κ1) is 34.9. The van der Waals surface area contributed by atoms with E-state index in [9.17, 15) is 0 Å². The van der Waals surface area contributed by atoms with Gasteiger partial charge in [-0.3, -0.25) is 4.79 Å². The Labute approximate surface area is 365 Å². The Balaban J connectivity index is 1.69. The van der Waals surface area contributed by atoms with Crippen LogP contribution in [0.5, 0.6) is 0 Å². The van der Waals surface area contributed by atoms with Gasteiger partial charge in [-0.25, -0.2) is 0 Å². The first-order valence-electron chi connectivity index (χ1n) is 12.8. The normalized spacial score (nSPS) is 25.4. The second kappa shape index (κ2) is 13.8. The summed E-state index contributed by atoms with van der Waals surface area (Å²) >= 11 is 22.2. The van der Waals surface area contributed by atoms with Crippen molar-refractivity contribution in [2.75, 3.05) is 0 Å². The molecule has 0 unspecified atom stereocenters. The Kier molecular flexibility index (Phi) is 11.7. The molecule has 3 aromatic rings. The summed E-state index contributed by atoms with van der Waals surface area (Å²) in [6.07, 6.45) is 6.90. The van der Waals surface area contributed by atoms with Crippen molar-refractivity contribution in [2.24, 2.45) is 23.2 Å². The molecule has 0 atom stereocenters. The van der Waals surface area contributed by atoms with Crippen LogP contribution in [0.3, 0.4) is 0 Å². The minimum atomic E-state index is -2.46. The first-order valence-corrected chi connectivity index (χ1v) is 24.1. The third-order valence-electron chi connectivity index (χ3n) is 8.42. The summed E-state index contributed by atoms with van der Waals surface area (Å²) < 4.78 is 18.0. The van der Waals surface area contributed by atoms with Crippen LogP contribution >= 0.6 is 214 Å². The molecule has 4 aliphatic carbocycles. The minimum absolute atomic E-state index is 0.0482. The molecule has 41 heavy (non-hydrogen) atoms. The van der Waals surface area contributed by atoms with Crippen molar-refractivity contribution in [1.82, 2.24) is 0 Å². The van der Waals surface area contributed by atoms with Gasteiger partial charge in [0.05, 0.1) is 20.1 Å². The van der Waals surface area contributed by atoms with Crippen molar-refractivity contribution in [3.05, 3.63) is 68.5 Å². The molecule has 218 valence electrons. The summed E-state index contributed by atoms with van der Waals surface area (Å²) in [4.78, 5) is 18.6. The van der Waals surface area contributed by atoms with Gasteiger partial charge in [0.25, 0.3) is 0 Å². The summed E-state index contributed by atoms with van der Waals surface area (Å²) in [5.41, 5.74) is -0.354. The fraction of sp³-hybridized carbons (Fsp3) is 0.345. The molecule has 0 aromatic heterocycles. The highest BCUT2D eigenvalue weighted by Crippen LogP contribution is 2.75. The fourth-order valence-electron chi connectivity index (χ4n) is 7.40. The van der Waals surface area contributed by atoms with Crippen LogP contribution in [0.25, 0.3) is 0 Å². The Bertz CT molecular complexity index is 1350. The fourth-order valence-corrected chi connectivity index (χ4v) is 27.0. The van der Waals surface area contributed by atoms with Crippen molar-refractivity contribution >= 4 is 220 Å². The summed E-state index contributed by atoms with van der Waals surface area (Å²) in [5.74, 6) is 2.07. The quantitative estimate of drug-likeness (QED) is 0.238. The van der Waals surface area contributed by atoms with Crippen LogP contribution in [0.4, 0.5) is 0 Å². The van der Waals surface area contributed by atoms with E-state index in [2.05, 4.69) is 240 Å². The van der Waals surface area contributed by atoms with Crippen LogP contribution in [-0.2, 0) is 8.98 Å². The lowest BCUT2D eigenvalue weighted by molar-refractivity contribution is -0.160. The molecule has 4 bridgehead atoms. The average molecular weight is 1580 g/mol. The number of carbonyl (C=O) groups is 1. The van der Waals surface area contributed by atoms with Crippen molar-refractivity contribution in [3.63, 3.8) is 0 Å². The predicted molar refractivity (Wildman–Crippen MR) is 243 cm³/mol. The molecule has 0 radical (unpaired) electrons. The SMILES string of the molecule is O=C(OS(c1c(I)cc(I)cc1I)(c1c(I)cc(I)cc1I)c1c(I)cc(I)cc1I)C12CC3CC(CC(C3)C1)C2. The molecular weight excluding hydrogens is 1550 g/mol. The molecule has 0 spiro atoms. The van der Waals surface area contributed by atoms with Crippen LogP contribution in [-0.4, -0.2) is 5.97 Å². The summed E-state index contributed by atoms with van der Waals surface area (Å²) in [6, 6.07) is 13.5. The van der Waals surface area contributed by atoms with E-state index in [0.29, 0.717) is 17.8 Å². The van der Waals surface area contributed by atoms with E-state index in [1.807, 2.05) is 0 Å². The number of rotatable bonds is 5. The van der Waals surface area contributed by atoms with Gasteiger partial charge in [0.15, 0.2) is 0 Å². The molecule has 2 nitrogen and oxygen atoms in total. The van der Waals surface area contributed by atoms with Crippen LogP contribution < -0.4 is 0 Å². The van der Waals surface area contributed by atoms with E-state index in [-0.39, 0.29) is 11.4 Å². The lowest BCUT2D eigenvalue weighted by atomic mass is 9.49. The second-order valence-electron chi connectivity index (χ2n) is 11.2. The Morgan fingerprint density at radius 1 is 0.561 bits per heavy atom. The Morgan fingerprint density at radius 2 is 0.829 bits per heavy atom. The third kappa shape index (κ3) is 6.67. The van der Waals surface area contributed by atoms with Crippen LogP contribution in [0.15, 0.2) is 51.1 Å². The zero-order chi connectivity index (χ0) is 29.4. The molecule has 4 saturated carbocycles. The van der Waals surface area contributed by atoms with Gasteiger partial charge in [-0.05, 0) is 306 Å². The lowest BCUT2D eigenvalue weighted by Gasteiger charge is -2.56. The summed E-state index contributed by atoms with van der Waals surface area (Å²) in [5, 5.41) is 0. The number of benzene rings is 3. The van der Waals surface area contributed by atoms with E-state index in [4.69, 9.17) is 4.18 Å². The molecule has 12 heteroatoms. The molecule has 4 aliphatic rings. The van der Waals surface area contributed by atoms with Gasteiger partial charge >= 0.3 is 5.97 Å².